The third kappa shape index (κ3) is 4.48. The van der Waals surface area contributed by atoms with E-state index in [2.05, 4.69) is 11.6 Å². The molecular weight excluding hydrogens is 289 g/mol. The van der Waals surface area contributed by atoms with E-state index in [4.69, 9.17) is 0 Å². The summed E-state index contributed by atoms with van der Waals surface area (Å²) in [5.41, 5.74) is 0.850. The lowest BCUT2D eigenvalue weighted by atomic mass is 9.96. The summed E-state index contributed by atoms with van der Waals surface area (Å²) in [5, 5.41) is 0. The SMILES string of the molecule is C=CN(/C=C(/C=NC)C(F)(F)F)c1ccccc1C(C)CC. The number of halogens is 3. The standard InChI is InChI=1S/C17H21F3N2/c1-5-13(3)15-9-7-8-10-16(15)22(6-2)12-14(11-21-4)17(18,19)20/h6-13H,2,5H2,1,3-4H3/b14-12-,21-11?. The van der Waals surface area contributed by atoms with Crippen molar-refractivity contribution in [3.05, 3.63) is 54.4 Å². The molecule has 2 nitrogen and oxygen atoms in total. The van der Waals surface area contributed by atoms with Crippen molar-refractivity contribution >= 4 is 11.9 Å². The van der Waals surface area contributed by atoms with E-state index >= 15 is 0 Å². The summed E-state index contributed by atoms with van der Waals surface area (Å²) < 4.78 is 39.1. The number of allylic oxidation sites excluding steroid dienone is 1. The second-order valence-electron chi connectivity index (χ2n) is 4.93. The summed E-state index contributed by atoms with van der Waals surface area (Å²) in [4.78, 5) is 4.88. The van der Waals surface area contributed by atoms with Gasteiger partial charge in [0.05, 0.1) is 5.57 Å². The van der Waals surface area contributed by atoms with E-state index in [1.165, 1.54) is 18.1 Å². The largest absolute Gasteiger partial charge is 0.419 e. The van der Waals surface area contributed by atoms with Crippen LogP contribution in [-0.4, -0.2) is 19.4 Å². The second-order valence-corrected chi connectivity index (χ2v) is 4.93. The molecule has 0 aromatic heterocycles. The lowest BCUT2D eigenvalue weighted by Crippen LogP contribution is -2.19. The summed E-state index contributed by atoms with van der Waals surface area (Å²) in [6.07, 6.45) is -0.375. The zero-order valence-corrected chi connectivity index (χ0v) is 13.1. The van der Waals surface area contributed by atoms with E-state index in [0.29, 0.717) is 5.69 Å². The number of nitrogens with zero attached hydrogens (tertiary/aromatic N) is 2. The lowest BCUT2D eigenvalue weighted by molar-refractivity contribution is -0.0857. The average molecular weight is 310 g/mol. The van der Waals surface area contributed by atoms with Crippen LogP contribution in [0, 0.1) is 0 Å². The monoisotopic (exact) mass is 310 g/mol. The number of hydrogen-bond donors (Lipinski definition) is 0. The van der Waals surface area contributed by atoms with Crippen LogP contribution in [0.1, 0.15) is 31.7 Å². The van der Waals surface area contributed by atoms with Gasteiger partial charge < -0.3 is 4.90 Å². The molecule has 1 rings (SSSR count). The fourth-order valence-corrected chi connectivity index (χ4v) is 2.05. The Morgan fingerprint density at radius 3 is 2.50 bits per heavy atom. The first-order valence-electron chi connectivity index (χ1n) is 7.06. The van der Waals surface area contributed by atoms with Gasteiger partial charge in [-0.3, -0.25) is 4.99 Å². The molecule has 0 heterocycles. The Hall–Kier alpha value is -2.04. The lowest BCUT2D eigenvalue weighted by Gasteiger charge is -2.23. The van der Waals surface area contributed by atoms with E-state index in [1.54, 1.807) is 12.1 Å². The van der Waals surface area contributed by atoms with Gasteiger partial charge in [-0.15, -0.1) is 0 Å². The second kappa shape index (κ2) is 7.82. The van der Waals surface area contributed by atoms with Gasteiger partial charge in [-0.2, -0.15) is 13.2 Å². The van der Waals surface area contributed by atoms with Gasteiger partial charge in [0.2, 0.25) is 0 Å². The van der Waals surface area contributed by atoms with E-state index in [9.17, 15) is 13.2 Å². The van der Waals surface area contributed by atoms with Crippen LogP contribution in [0.3, 0.4) is 0 Å². The predicted molar refractivity (Wildman–Crippen MR) is 86.4 cm³/mol. The first-order chi connectivity index (χ1) is 10.3. The molecule has 1 aromatic rings. The molecule has 0 aliphatic carbocycles. The molecule has 1 unspecified atom stereocenters. The molecule has 1 aromatic carbocycles. The Balaban J connectivity index is 3.35. The number of para-hydroxylation sites is 1. The summed E-state index contributed by atoms with van der Waals surface area (Å²) in [5.74, 6) is 0.237. The van der Waals surface area contributed by atoms with Crippen molar-refractivity contribution in [2.24, 2.45) is 4.99 Å². The van der Waals surface area contributed by atoms with Crippen molar-refractivity contribution in [1.29, 1.82) is 0 Å². The number of hydrogen-bond acceptors (Lipinski definition) is 2. The van der Waals surface area contributed by atoms with E-state index < -0.39 is 11.7 Å². The highest BCUT2D eigenvalue weighted by Crippen LogP contribution is 2.32. The number of benzene rings is 1. The number of aliphatic imine (C=N–C) groups is 1. The fourth-order valence-electron chi connectivity index (χ4n) is 2.05. The fraction of sp³-hybridized carbons (Fsp3) is 0.353. The van der Waals surface area contributed by atoms with Gasteiger partial charge in [-0.1, -0.05) is 38.6 Å². The highest BCUT2D eigenvalue weighted by molar-refractivity contribution is 5.81. The van der Waals surface area contributed by atoms with Crippen LogP contribution >= 0.6 is 0 Å². The van der Waals surface area contributed by atoms with Gasteiger partial charge in [0.25, 0.3) is 0 Å². The molecule has 0 fully saturated rings. The van der Waals surface area contributed by atoms with Crippen LogP contribution < -0.4 is 4.90 Å². The van der Waals surface area contributed by atoms with Crippen LogP contribution in [0.25, 0.3) is 0 Å². The molecule has 22 heavy (non-hydrogen) atoms. The minimum absolute atomic E-state index is 0.237. The Morgan fingerprint density at radius 1 is 1.36 bits per heavy atom. The van der Waals surface area contributed by atoms with Crippen LogP contribution in [0.4, 0.5) is 18.9 Å². The molecular formula is C17H21F3N2. The molecule has 0 spiro atoms. The maximum atomic E-state index is 13.0. The van der Waals surface area contributed by atoms with E-state index in [0.717, 1.165) is 24.4 Å². The first-order valence-corrected chi connectivity index (χ1v) is 7.06. The number of rotatable bonds is 6. The van der Waals surface area contributed by atoms with E-state index in [1.807, 2.05) is 26.0 Å². The molecule has 0 bridgehead atoms. The van der Waals surface area contributed by atoms with Crippen LogP contribution in [0.5, 0.6) is 0 Å². The quantitative estimate of drug-likeness (QED) is 0.651. The van der Waals surface area contributed by atoms with Crippen molar-refractivity contribution in [2.45, 2.75) is 32.4 Å². The van der Waals surface area contributed by atoms with Crippen LogP contribution in [-0.2, 0) is 0 Å². The zero-order valence-electron chi connectivity index (χ0n) is 13.1. The summed E-state index contributed by atoms with van der Waals surface area (Å²) in [6.45, 7) is 7.71. The Kier molecular flexibility index (Phi) is 6.40. The molecule has 0 amide bonds. The van der Waals surface area contributed by atoms with Gasteiger partial charge in [-0.25, -0.2) is 0 Å². The van der Waals surface area contributed by atoms with E-state index in [-0.39, 0.29) is 5.92 Å². The first kappa shape index (κ1) is 18.0. The highest BCUT2D eigenvalue weighted by atomic mass is 19.4. The molecule has 120 valence electrons. The maximum Gasteiger partial charge on any atom is 0.419 e. The Bertz CT molecular complexity index is 559. The molecule has 0 radical (unpaired) electrons. The molecule has 0 saturated heterocycles. The third-order valence-corrected chi connectivity index (χ3v) is 3.43. The van der Waals surface area contributed by atoms with Crippen molar-refractivity contribution in [1.82, 2.24) is 0 Å². The summed E-state index contributed by atoms with van der Waals surface area (Å²) in [6, 6.07) is 7.40. The van der Waals surface area contributed by atoms with Crippen LogP contribution in [0.15, 0.2) is 53.8 Å². The van der Waals surface area contributed by atoms with Crippen molar-refractivity contribution in [2.75, 3.05) is 11.9 Å². The summed E-state index contributed by atoms with van der Waals surface area (Å²) >= 11 is 0. The summed E-state index contributed by atoms with van der Waals surface area (Å²) in [7, 11) is 1.31. The predicted octanol–water partition coefficient (Wildman–Crippen LogP) is 5.30. The van der Waals surface area contributed by atoms with Crippen molar-refractivity contribution in [3.63, 3.8) is 0 Å². The van der Waals surface area contributed by atoms with Gasteiger partial charge in [0.1, 0.15) is 0 Å². The van der Waals surface area contributed by atoms with Gasteiger partial charge in [0, 0.05) is 31.3 Å². The zero-order chi connectivity index (χ0) is 16.8. The third-order valence-electron chi connectivity index (χ3n) is 3.43. The average Bonchev–Trinajstić information content (AvgIpc) is 2.49. The molecule has 0 aliphatic rings. The Labute approximate surface area is 129 Å². The van der Waals surface area contributed by atoms with Gasteiger partial charge in [0.15, 0.2) is 0 Å². The number of anilines is 1. The van der Waals surface area contributed by atoms with Crippen molar-refractivity contribution in [3.8, 4) is 0 Å². The Morgan fingerprint density at radius 2 is 2.00 bits per heavy atom. The topological polar surface area (TPSA) is 15.6 Å². The van der Waals surface area contributed by atoms with Crippen LogP contribution in [0.2, 0.25) is 0 Å². The molecule has 1 atom stereocenters. The maximum absolute atomic E-state index is 13.0. The minimum atomic E-state index is -4.47. The molecule has 0 N–H and O–H groups in total. The molecule has 5 heteroatoms. The normalized spacial score (nSPS) is 14.2. The molecule has 0 aliphatic heterocycles. The van der Waals surface area contributed by atoms with Crippen molar-refractivity contribution < 1.29 is 13.2 Å². The smallest absolute Gasteiger partial charge is 0.324 e. The molecule has 0 saturated carbocycles. The van der Waals surface area contributed by atoms with Gasteiger partial charge >= 0.3 is 6.18 Å². The highest BCUT2D eigenvalue weighted by Gasteiger charge is 2.33. The van der Waals surface area contributed by atoms with Gasteiger partial charge in [-0.05, 0) is 24.0 Å². The number of alkyl halides is 3. The minimum Gasteiger partial charge on any atom is -0.324 e.